The average Bonchev–Trinajstić information content (AvgIpc) is 1.87. The lowest BCUT2D eigenvalue weighted by Gasteiger charge is -2.10. The number of aliphatic carboxylic acids is 1. The maximum Gasteiger partial charge on any atom is 0.316 e. The van der Waals surface area contributed by atoms with E-state index in [9.17, 15) is 4.79 Å². The molecule has 0 saturated carbocycles. The van der Waals surface area contributed by atoms with E-state index in [1.165, 1.54) is 0 Å². The van der Waals surface area contributed by atoms with Gasteiger partial charge < -0.3 is 5.11 Å². The maximum absolute atomic E-state index is 10.3. The third-order valence-corrected chi connectivity index (χ3v) is 2.04. The molecule has 0 radical (unpaired) electrons. The Morgan fingerprint density at radius 3 is 2.50 bits per heavy atom. The van der Waals surface area contributed by atoms with Crippen LogP contribution in [0.1, 0.15) is 26.7 Å². The van der Waals surface area contributed by atoms with Crippen molar-refractivity contribution in [2.75, 3.05) is 0 Å². The summed E-state index contributed by atoms with van der Waals surface area (Å²) in [5, 5.41) is 7.96. The Labute approximate surface area is 67.0 Å². The van der Waals surface area contributed by atoms with Gasteiger partial charge in [0.1, 0.15) is 0 Å². The van der Waals surface area contributed by atoms with Gasteiger partial charge in [-0.2, -0.15) is 12.6 Å². The number of rotatable bonds is 4. The molecule has 0 amide bonds. The number of thiol groups is 1. The highest BCUT2D eigenvalue weighted by molar-refractivity contribution is 7.81. The van der Waals surface area contributed by atoms with E-state index < -0.39 is 11.2 Å². The van der Waals surface area contributed by atoms with Crippen LogP contribution in [0.4, 0.5) is 0 Å². The van der Waals surface area contributed by atoms with Gasteiger partial charge in [-0.15, -0.1) is 0 Å². The van der Waals surface area contributed by atoms with Crippen molar-refractivity contribution < 1.29 is 9.90 Å². The monoisotopic (exact) mass is 162 g/mol. The summed E-state index contributed by atoms with van der Waals surface area (Å²) in [6.07, 6.45) is 1.68. The molecule has 2 nitrogen and oxygen atoms in total. The zero-order valence-corrected chi connectivity index (χ0v) is 7.27. The molecular formula is C7H14O2S. The zero-order chi connectivity index (χ0) is 8.15. The van der Waals surface area contributed by atoms with Crippen LogP contribution in [0.2, 0.25) is 0 Å². The molecule has 10 heavy (non-hydrogen) atoms. The summed E-state index contributed by atoms with van der Waals surface area (Å²) in [6.45, 7) is 4.08. The van der Waals surface area contributed by atoms with Gasteiger partial charge >= 0.3 is 5.97 Å². The van der Waals surface area contributed by atoms with Crippen molar-refractivity contribution in [1.29, 1.82) is 0 Å². The molecule has 2 unspecified atom stereocenters. The van der Waals surface area contributed by atoms with Crippen molar-refractivity contribution in [2.24, 2.45) is 5.92 Å². The molecule has 0 fully saturated rings. The summed E-state index contributed by atoms with van der Waals surface area (Å²) in [4.78, 5) is 10.3. The highest BCUT2D eigenvalue weighted by Gasteiger charge is 2.14. The van der Waals surface area contributed by atoms with Crippen LogP contribution in [0.15, 0.2) is 0 Å². The summed E-state index contributed by atoms with van der Waals surface area (Å²) in [5.74, 6) is -0.359. The fourth-order valence-electron chi connectivity index (χ4n) is 0.649. The standard InChI is InChI=1S/C7H14O2S/c1-3-5(2)4-6(10)7(8)9/h5-6,10H,3-4H2,1-2H3,(H,8,9). The van der Waals surface area contributed by atoms with Gasteiger partial charge in [-0.05, 0) is 12.3 Å². The molecule has 1 N–H and O–H groups in total. The summed E-state index contributed by atoms with van der Waals surface area (Å²) >= 11 is 3.92. The third kappa shape index (κ3) is 3.77. The highest BCUT2D eigenvalue weighted by atomic mass is 32.1. The van der Waals surface area contributed by atoms with Gasteiger partial charge in [0.05, 0.1) is 5.25 Å². The second-order valence-electron chi connectivity index (χ2n) is 2.60. The van der Waals surface area contributed by atoms with Crippen LogP contribution < -0.4 is 0 Å². The maximum atomic E-state index is 10.3. The van der Waals surface area contributed by atoms with E-state index in [2.05, 4.69) is 12.6 Å². The second-order valence-corrected chi connectivity index (χ2v) is 3.23. The van der Waals surface area contributed by atoms with Gasteiger partial charge in [0, 0.05) is 0 Å². The molecule has 60 valence electrons. The minimum absolute atomic E-state index is 0.457. The van der Waals surface area contributed by atoms with Gasteiger partial charge in [-0.25, -0.2) is 0 Å². The van der Waals surface area contributed by atoms with Crippen molar-refractivity contribution in [3.05, 3.63) is 0 Å². The van der Waals surface area contributed by atoms with Crippen LogP contribution in [0.5, 0.6) is 0 Å². The first kappa shape index (κ1) is 9.82. The zero-order valence-electron chi connectivity index (χ0n) is 6.37. The molecule has 0 aromatic rings. The summed E-state index contributed by atoms with van der Waals surface area (Å²) in [6, 6.07) is 0. The van der Waals surface area contributed by atoms with E-state index in [1.807, 2.05) is 13.8 Å². The van der Waals surface area contributed by atoms with E-state index in [0.29, 0.717) is 12.3 Å². The summed E-state index contributed by atoms with van der Waals surface area (Å²) < 4.78 is 0. The molecule has 0 aromatic carbocycles. The lowest BCUT2D eigenvalue weighted by molar-refractivity contribution is -0.136. The first-order valence-electron chi connectivity index (χ1n) is 3.48. The molecule has 0 aliphatic heterocycles. The van der Waals surface area contributed by atoms with Crippen molar-refractivity contribution in [3.63, 3.8) is 0 Å². The minimum Gasteiger partial charge on any atom is -0.480 e. The minimum atomic E-state index is -0.816. The Balaban J connectivity index is 3.56. The largest absolute Gasteiger partial charge is 0.480 e. The fraction of sp³-hybridized carbons (Fsp3) is 0.857. The SMILES string of the molecule is CCC(C)CC(S)C(=O)O. The van der Waals surface area contributed by atoms with E-state index in [4.69, 9.17) is 5.11 Å². The predicted octanol–water partition coefficient (Wildman–Crippen LogP) is 1.81. The van der Waals surface area contributed by atoms with Crippen LogP contribution in [-0.4, -0.2) is 16.3 Å². The molecule has 0 rings (SSSR count). The Hall–Kier alpha value is -0.180. The first-order chi connectivity index (χ1) is 4.57. The van der Waals surface area contributed by atoms with E-state index in [-0.39, 0.29) is 0 Å². The average molecular weight is 162 g/mol. The molecule has 0 aliphatic rings. The molecule has 0 spiro atoms. The van der Waals surface area contributed by atoms with Gasteiger partial charge in [0.2, 0.25) is 0 Å². The lowest BCUT2D eigenvalue weighted by Crippen LogP contribution is -2.16. The topological polar surface area (TPSA) is 37.3 Å². The molecule has 0 saturated heterocycles. The van der Waals surface area contributed by atoms with Gasteiger partial charge in [-0.1, -0.05) is 20.3 Å². The Morgan fingerprint density at radius 1 is 1.70 bits per heavy atom. The molecule has 2 atom stereocenters. The molecule has 0 aromatic heterocycles. The number of hydrogen-bond donors (Lipinski definition) is 2. The fourth-order valence-corrected chi connectivity index (χ4v) is 1.01. The van der Waals surface area contributed by atoms with Gasteiger partial charge in [0.15, 0.2) is 0 Å². The highest BCUT2D eigenvalue weighted by Crippen LogP contribution is 2.13. The quantitative estimate of drug-likeness (QED) is 0.618. The molecule has 3 heteroatoms. The summed E-state index contributed by atoms with van der Waals surface area (Å²) in [7, 11) is 0. The predicted molar refractivity (Wildman–Crippen MR) is 44.5 cm³/mol. The normalized spacial score (nSPS) is 16.3. The van der Waals surface area contributed by atoms with Crippen LogP contribution >= 0.6 is 12.6 Å². The molecular weight excluding hydrogens is 148 g/mol. The number of carboxylic acids is 1. The molecule has 0 heterocycles. The molecule has 0 bridgehead atoms. The Bertz CT molecular complexity index is 114. The van der Waals surface area contributed by atoms with Crippen LogP contribution in [-0.2, 0) is 4.79 Å². The van der Waals surface area contributed by atoms with Crippen molar-refractivity contribution in [2.45, 2.75) is 31.9 Å². The van der Waals surface area contributed by atoms with Crippen LogP contribution in [0.25, 0.3) is 0 Å². The summed E-state index contributed by atoms with van der Waals surface area (Å²) in [5.41, 5.74) is 0. The van der Waals surface area contributed by atoms with Gasteiger partial charge in [-0.3, -0.25) is 4.79 Å². The van der Waals surface area contributed by atoms with E-state index in [1.54, 1.807) is 0 Å². The van der Waals surface area contributed by atoms with Crippen molar-refractivity contribution in [3.8, 4) is 0 Å². The van der Waals surface area contributed by atoms with Crippen molar-refractivity contribution >= 4 is 18.6 Å². The van der Waals surface area contributed by atoms with Crippen LogP contribution in [0, 0.1) is 5.92 Å². The second kappa shape index (κ2) is 4.61. The first-order valence-corrected chi connectivity index (χ1v) is 4.00. The third-order valence-electron chi connectivity index (χ3n) is 1.61. The number of carbonyl (C=O) groups is 1. The Morgan fingerprint density at radius 2 is 2.20 bits per heavy atom. The lowest BCUT2D eigenvalue weighted by atomic mass is 10.0. The molecule has 0 aliphatic carbocycles. The number of hydrogen-bond acceptors (Lipinski definition) is 2. The number of carboxylic acid groups (broad SMARTS) is 1. The van der Waals surface area contributed by atoms with Crippen molar-refractivity contribution in [1.82, 2.24) is 0 Å². The Kier molecular flexibility index (Phi) is 4.52. The van der Waals surface area contributed by atoms with E-state index in [0.717, 1.165) is 6.42 Å². The van der Waals surface area contributed by atoms with Crippen LogP contribution in [0.3, 0.4) is 0 Å². The smallest absolute Gasteiger partial charge is 0.316 e. The van der Waals surface area contributed by atoms with E-state index >= 15 is 0 Å². The van der Waals surface area contributed by atoms with Gasteiger partial charge in [0.25, 0.3) is 0 Å².